The SMILES string of the molecule is CN(N)c1ccc(OCc2ccccc2)cc1.Cl. The molecule has 0 heterocycles. The van der Waals surface area contributed by atoms with Crippen LogP contribution in [0.3, 0.4) is 0 Å². The zero-order valence-electron chi connectivity index (χ0n) is 10.2. The Kier molecular flexibility index (Phi) is 5.49. The minimum Gasteiger partial charge on any atom is -0.489 e. The van der Waals surface area contributed by atoms with Gasteiger partial charge in [-0.1, -0.05) is 30.3 Å². The van der Waals surface area contributed by atoms with Gasteiger partial charge in [0.2, 0.25) is 0 Å². The maximum atomic E-state index is 5.67. The molecule has 0 bridgehead atoms. The monoisotopic (exact) mass is 264 g/mol. The Bertz CT molecular complexity index is 457. The van der Waals surface area contributed by atoms with Crippen LogP contribution in [0.25, 0.3) is 0 Å². The van der Waals surface area contributed by atoms with Gasteiger partial charge in [0, 0.05) is 7.05 Å². The largest absolute Gasteiger partial charge is 0.489 e. The summed E-state index contributed by atoms with van der Waals surface area (Å²) in [6.45, 7) is 0.582. The molecule has 2 N–H and O–H groups in total. The quantitative estimate of drug-likeness (QED) is 0.682. The molecular weight excluding hydrogens is 248 g/mol. The van der Waals surface area contributed by atoms with Crippen molar-refractivity contribution in [2.24, 2.45) is 5.84 Å². The first kappa shape index (κ1) is 14.4. The van der Waals surface area contributed by atoms with Gasteiger partial charge in [0.1, 0.15) is 12.4 Å². The first-order valence-electron chi connectivity index (χ1n) is 5.51. The van der Waals surface area contributed by atoms with Crippen molar-refractivity contribution in [3.8, 4) is 5.75 Å². The van der Waals surface area contributed by atoms with Crippen LogP contribution >= 0.6 is 12.4 Å². The minimum absolute atomic E-state index is 0. The van der Waals surface area contributed by atoms with Crippen molar-refractivity contribution in [1.29, 1.82) is 0 Å². The van der Waals surface area contributed by atoms with E-state index in [1.165, 1.54) is 0 Å². The van der Waals surface area contributed by atoms with Gasteiger partial charge in [-0.05, 0) is 29.8 Å². The molecule has 0 amide bonds. The van der Waals surface area contributed by atoms with E-state index in [2.05, 4.69) is 0 Å². The van der Waals surface area contributed by atoms with Gasteiger partial charge in [-0.15, -0.1) is 12.4 Å². The Balaban J connectivity index is 0.00000162. The third-order valence-corrected chi connectivity index (χ3v) is 2.49. The van der Waals surface area contributed by atoms with E-state index in [-0.39, 0.29) is 12.4 Å². The molecule has 0 saturated heterocycles. The molecule has 18 heavy (non-hydrogen) atoms. The number of nitrogens with two attached hydrogens (primary N) is 1. The summed E-state index contributed by atoms with van der Waals surface area (Å²) in [7, 11) is 1.81. The van der Waals surface area contributed by atoms with Gasteiger partial charge in [-0.2, -0.15) is 0 Å². The fourth-order valence-electron chi connectivity index (χ4n) is 1.52. The number of anilines is 1. The van der Waals surface area contributed by atoms with E-state index in [4.69, 9.17) is 10.6 Å². The van der Waals surface area contributed by atoms with Crippen LogP contribution in [-0.4, -0.2) is 7.05 Å². The molecule has 2 rings (SSSR count). The van der Waals surface area contributed by atoms with Crippen molar-refractivity contribution in [2.45, 2.75) is 6.61 Å². The Hall–Kier alpha value is -1.71. The van der Waals surface area contributed by atoms with Crippen molar-refractivity contribution in [3.05, 3.63) is 60.2 Å². The number of hydrogen-bond acceptors (Lipinski definition) is 3. The molecule has 2 aromatic carbocycles. The molecule has 0 aliphatic heterocycles. The summed E-state index contributed by atoms with van der Waals surface area (Å²) in [5.41, 5.74) is 2.12. The molecular formula is C14H17ClN2O. The van der Waals surface area contributed by atoms with Crippen LogP contribution in [0.5, 0.6) is 5.75 Å². The molecule has 0 aliphatic carbocycles. The number of ether oxygens (including phenoxy) is 1. The lowest BCUT2D eigenvalue weighted by molar-refractivity contribution is 0.306. The molecule has 2 aromatic rings. The summed E-state index contributed by atoms with van der Waals surface area (Å²) in [5, 5.41) is 1.57. The van der Waals surface area contributed by atoms with Crippen LogP contribution in [0.15, 0.2) is 54.6 Å². The number of halogens is 1. The lowest BCUT2D eigenvalue weighted by Gasteiger charge is -2.12. The predicted octanol–water partition coefficient (Wildman–Crippen LogP) is 3.00. The fraction of sp³-hybridized carbons (Fsp3) is 0.143. The van der Waals surface area contributed by atoms with E-state index in [1.807, 2.05) is 54.6 Å². The molecule has 0 radical (unpaired) electrons. The zero-order valence-corrected chi connectivity index (χ0v) is 11.1. The van der Waals surface area contributed by atoms with Crippen LogP contribution in [0.2, 0.25) is 0 Å². The summed E-state index contributed by atoms with van der Waals surface area (Å²) in [4.78, 5) is 0. The topological polar surface area (TPSA) is 38.5 Å². The van der Waals surface area contributed by atoms with Crippen LogP contribution in [0.4, 0.5) is 5.69 Å². The summed E-state index contributed by atoms with van der Waals surface area (Å²) >= 11 is 0. The highest BCUT2D eigenvalue weighted by Gasteiger charge is 1.97. The second kappa shape index (κ2) is 6.89. The van der Waals surface area contributed by atoms with Gasteiger partial charge in [-0.25, -0.2) is 5.84 Å². The van der Waals surface area contributed by atoms with Gasteiger partial charge < -0.3 is 9.75 Å². The summed E-state index contributed by atoms with van der Waals surface area (Å²) in [6.07, 6.45) is 0. The molecule has 0 unspecified atom stereocenters. The minimum atomic E-state index is 0. The highest BCUT2D eigenvalue weighted by molar-refractivity contribution is 5.85. The first-order chi connectivity index (χ1) is 8.25. The van der Waals surface area contributed by atoms with E-state index >= 15 is 0 Å². The molecule has 0 aromatic heterocycles. The zero-order chi connectivity index (χ0) is 12.1. The number of nitrogens with zero attached hydrogens (tertiary/aromatic N) is 1. The molecule has 96 valence electrons. The second-order valence-corrected chi connectivity index (χ2v) is 3.88. The van der Waals surface area contributed by atoms with Crippen LogP contribution in [-0.2, 0) is 6.61 Å². The third-order valence-electron chi connectivity index (χ3n) is 2.49. The molecule has 3 nitrogen and oxygen atoms in total. The Morgan fingerprint density at radius 1 is 1.00 bits per heavy atom. The second-order valence-electron chi connectivity index (χ2n) is 3.88. The van der Waals surface area contributed by atoms with E-state index in [1.54, 1.807) is 12.1 Å². The predicted molar refractivity (Wildman–Crippen MR) is 77.1 cm³/mol. The molecule has 0 saturated carbocycles. The summed E-state index contributed by atoms with van der Waals surface area (Å²) in [6, 6.07) is 17.8. The standard InChI is InChI=1S/C14H16N2O.ClH/c1-16(15)13-7-9-14(10-8-13)17-11-12-5-3-2-4-6-12;/h2-10H,11,15H2,1H3;1H. The lowest BCUT2D eigenvalue weighted by atomic mass is 10.2. The van der Waals surface area contributed by atoms with E-state index in [0.717, 1.165) is 17.0 Å². The van der Waals surface area contributed by atoms with Crippen molar-refractivity contribution in [2.75, 3.05) is 12.1 Å². The van der Waals surface area contributed by atoms with Crippen LogP contribution in [0, 0.1) is 0 Å². The average Bonchev–Trinajstić information content (AvgIpc) is 2.38. The van der Waals surface area contributed by atoms with Gasteiger partial charge in [-0.3, -0.25) is 0 Å². The van der Waals surface area contributed by atoms with Gasteiger partial charge in [0.15, 0.2) is 0 Å². The Morgan fingerprint density at radius 3 is 2.17 bits per heavy atom. The van der Waals surface area contributed by atoms with Crippen molar-refractivity contribution in [1.82, 2.24) is 0 Å². The van der Waals surface area contributed by atoms with Gasteiger partial charge >= 0.3 is 0 Å². The van der Waals surface area contributed by atoms with Crippen molar-refractivity contribution in [3.63, 3.8) is 0 Å². The van der Waals surface area contributed by atoms with Crippen molar-refractivity contribution >= 4 is 18.1 Å². The van der Waals surface area contributed by atoms with E-state index in [0.29, 0.717) is 6.61 Å². The number of hydrogen-bond donors (Lipinski definition) is 1. The lowest BCUT2D eigenvalue weighted by Crippen LogP contribution is -2.24. The van der Waals surface area contributed by atoms with Crippen LogP contribution in [0.1, 0.15) is 5.56 Å². The Labute approximate surface area is 114 Å². The maximum absolute atomic E-state index is 5.67. The number of rotatable bonds is 4. The van der Waals surface area contributed by atoms with Crippen LogP contribution < -0.4 is 15.6 Å². The number of hydrazine groups is 1. The van der Waals surface area contributed by atoms with E-state index < -0.39 is 0 Å². The fourth-order valence-corrected chi connectivity index (χ4v) is 1.52. The molecule has 4 heteroatoms. The molecule has 0 fully saturated rings. The summed E-state index contributed by atoms with van der Waals surface area (Å²) in [5.74, 6) is 6.47. The molecule has 0 spiro atoms. The highest BCUT2D eigenvalue weighted by atomic mass is 35.5. The molecule has 0 aliphatic rings. The first-order valence-corrected chi connectivity index (χ1v) is 5.51. The molecule has 0 atom stereocenters. The Morgan fingerprint density at radius 2 is 1.61 bits per heavy atom. The average molecular weight is 265 g/mol. The highest BCUT2D eigenvalue weighted by Crippen LogP contribution is 2.17. The maximum Gasteiger partial charge on any atom is 0.119 e. The van der Waals surface area contributed by atoms with Gasteiger partial charge in [0.25, 0.3) is 0 Å². The third kappa shape index (κ3) is 3.95. The number of benzene rings is 2. The smallest absolute Gasteiger partial charge is 0.119 e. The normalized spacial score (nSPS) is 9.44. The van der Waals surface area contributed by atoms with E-state index in [9.17, 15) is 0 Å². The summed E-state index contributed by atoms with van der Waals surface area (Å²) < 4.78 is 5.67. The van der Waals surface area contributed by atoms with Crippen molar-refractivity contribution < 1.29 is 4.74 Å². The van der Waals surface area contributed by atoms with Gasteiger partial charge in [0.05, 0.1) is 5.69 Å².